The van der Waals surface area contributed by atoms with Gasteiger partial charge in [0.05, 0.1) is 6.54 Å². The zero-order valence-corrected chi connectivity index (χ0v) is 37.9. The van der Waals surface area contributed by atoms with Gasteiger partial charge in [0.2, 0.25) is 12.5 Å². The number of fused-ring (bicyclic) bond motifs is 1. The highest BCUT2D eigenvalue weighted by Crippen LogP contribution is 2.43. The molecule has 65 heavy (non-hydrogen) atoms. The molecule has 0 spiro atoms. The second kappa shape index (κ2) is 19.4. The van der Waals surface area contributed by atoms with Crippen LogP contribution in [0, 0.1) is 0 Å². The largest absolute Gasteiger partial charge is 0.514 e. The third-order valence-corrected chi connectivity index (χ3v) is 11.5. The van der Waals surface area contributed by atoms with Gasteiger partial charge in [-0.15, -0.1) is 11.8 Å². The smallest absolute Gasteiger partial charge is 0.448 e. The Balaban J connectivity index is 1.06. The number of carbonyl (C=O) groups is 6. The average molecular weight is 903 g/mol. The van der Waals surface area contributed by atoms with Crippen LogP contribution in [-0.2, 0) is 46.5 Å². The van der Waals surface area contributed by atoms with Gasteiger partial charge in [-0.05, 0) is 101 Å². The summed E-state index contributed by atoms with van der Waals surface area (Å²) >= 11 is 1.37. The van der Waals surface area contributed by atoms with Crippen LogP contribution in [0.5, 0.6) is 5.75 Å². The lowest BCUT2D eigenvalue weighted by Crippen LogP contribution is -2.70. The minimum absolute atomic E-state index is 0.00638. The molecular weight excluding hydrogens is 851 g/mol. The molecule has 16 heteroatoms. The van der Waals surface area contributed by atoms with E-state index in [-0.39, 0.29) is 42.1 Å². The van der Waals surface area contributed by atoms with E-state index in [1.165, 1.54) is 16.7 Å². The van der Waals surface area contributed by atoms with E-state index >= 15 is 0 Å². The monoisotopic (exact) mass is 902 g/mol. The van der Waals surface area contributed by atoms with E-state index in [2.05, 4.69) is 10.6 Å². The van der Waals surface area contributed by atoms with Crippen LogP contribution in [0.4, 0.5) is 15.3 Å². The summed E-state index contributed by atoms with van der Waals surface area (Å²) in [4.78, 5) is 83.2. The summed E-state index contributed by atoms with van der Waals surface area (Å²) < 4.78 is 23.8. The van der Waals surface area contributed by atoms with Crippen molar-refractivity contribution in [2.24, 2.45) is 0 Å². The van der Waals surface area contributed by atoms with E-state index in [4.69, 9.17) is 18.9 Å². The first kappa shape index (κ1) is 46.1. The predicted molar refractivity (Wildman–Crippen MR) is 241 cm³/mol. The summed E-state index contributed by atoms with van der Waals surface area (Å²) in [5.41, 5.74) is 2.22. The molecule has 4 heterocycles. The van der Waals surface area contributed by atoms with Crippen molar-refractivity contribution in [2.75, 3.05) is 17.6 Å². The molecule has 3 aromatic carbocycles. The Hall–Kier alpha value is -6.94. The maximum atomic E-state index is 14.5. The summed E-state index contributed by atoms with van der Waals surface area (Å²) in [6.07, 6.45) is 3.26. The molecule has 3 aliphatic heterocycles. The maximum absolute atomic E-state index is 14.5. The standard InChI is InChI=1S/C49H51N5O10S/c1-48(2,3)63-46(59)51-39-43(57)54-40(45(58)62-41(32-15-9-7-10-16-32)33-17-11-8-12-18-33)35(30-65-44(39)54)26-34-23-25-53(42(34)56)28-31-14-13-24-52(27-31)29-38(55)50-36-19-21-37(22-20-36)61-47(60)64-49(4,5)6/h7-22,24,26-27,39,41,44H,23,25,28-30H2,1-6H3,(H-,50,51,55,59)/p+1/b34-26+/t39-,44-/m1/s1. The Morgan fingerprint density at radius 1 is 0.846 bits per heavy atom. The molecule has 2 atom stereocenters. The number of thioether (sulfide) groups is 1. The van der Waals surface area contributed by atoms with Gasteiger partial charge in [0, 0.05) is 35.2 Å². The van der Waals surface area contributed by atoms with Gasteiger partial charge in [-0.3, -0.25) is 19.3 Å². The van der Waals surface area contributed by atoms with Crippen LogP contribution >= 0.6 is 11.8 Å². The Kier molecular flexibility index (Phi) is 13.8. The molecule has 0 unspecified atom stereocenters. The number of β-lactam (4-membered cyclic amide) rings is 1. The molecule has 4 amide bonds. The van der Waals surface area contributed by atoms with Gasteiger partial charge in [-0.2, -0.15) is 4.57 Å². The highest BCUT2D eigenvalue weighted by atomic mass is 32.2. The topological polar surface area (TPSA) is 174 Å². The number of allylic oxidation sites excluding steroid dienone is 1. The summed E-state index contributed by atoms with van der Waals surface area (Å²) in [5.74, 6) is -1.24. The highest BCUT2D eigenvalue weighted by Gasteiger charge is 2.55. The third kappa shape index (κ3) is 11.8. The lowest BCUT2D eigenvalue weighted by molar-refractivity contribution is -0.684. The number of aromatic nitrogens is 1. The number of esters is 1. The lowest BCUT2D eigenvalue weighted by atomic mass is 10.00. The zero-order valence-electron chi connectivity index (χ0n) is 37.1. The molecule has 338 valence electrons. The number of ether oxygens (including phenoxy) is 4. The molecule has 2 fully saturated rings. The van der Waals surface area contributed by atoms with E-state index in [1.54, 1.807) is 99.8 Å². The van der Waals surface area contributed by atoms with Crippen LogP contribution in [0.25, 0.3) is 0 Å². The van der Waals surface area contributed by atoms with Crippen LogP contribution in [0.1, 0.15) is 70.8 Å². The minimum atomic E-state index is -0.937. The zero-order chi connectivity index (χ0) is 46.5. The number of pyridine rings is 1. The first-order valence-electron chi connectivity index (χ1n) is 21.2. The predicted octanol–water partition coefficient (Wildman–Crippen LogP) is 6.98. The minimum Gasteiger partial charge on any atom is -0.448 e. The molecule has 2 saturated heterocycles. The number of nitrogens with one attached hydrogen (secondary N) is 2. The van der Waals surface area contributed by atoms with Gasteiger partial charge in [-0.1, -0.05) is 60.7 Å². The van der Waals surface area contributed by atoms with Crippen LogP contribution < -0.4 is 19.9 Å². The van der Waals surface area contributed by atoms with Crippen LogP contribution in [0.15, 0.2) is 132 Å². The normalized spacial score (nSPS) is 17.9. The molecular formula is C49H52N5O10S+. The molecule has 0 bridgehead atoms. The van der Waals surface area contributed by atoms with Crippen molar-refractivity contribution in [3.05, 3.63) is 149 Å². The van der Waals surface area contributed by atoms with E-state index in [0.717, 1.165) is 16.7 Å². The van der Waals surface area contributed by atoms with Gasteiger partial charge in [0.15, 0.2) is 18.5 Å². The summed E-state index contributed by atoms with van der Waals surface area (Å²) in [6, 6.07) is 27.7. The van der Waals surface area contributed by atoms with E-state index in [1.807, 2.05) is 66.7 Å². The molecule has 7 rings (SSSR count). The summed E-state index contributed by atoms with van der Waals surface area (Å²) in [6.45, 7) is 11.1. The van der Waals surface area contributed by atoms with Crippen LogP contribution in [0.3, 0.4) is 0 Å². The summed E-state index contributed by atoms with van der Waals surface area (Å²) in [7, 11) is 0. The second-order valence-corrected chi connectivity index (χ2v) is 18.8. The number of likely N-dealkylation sites (tertiary alicyclic amines) is 1. The number of alkyl carbamates (subject to hydrolysis) is 1. The number of anilines is 1. The molecule has 0 aliphatic carbocycles. The quantitative estimate of drug-likeness (QED) is 0.0375. The van der Waals surface area contributed by atoms with Crippen LogP contribution in [-0.4, -0.2) is 80.7 Å². The Morgan fingerprint density at radius 2 is 1.49 bits per heavy atom. The number of hydrogen-bond donors (Lipinski definition) is 2. The van der Waals surface area contributed by atoms with E-state index < -0.39 is 52.8 Å². The third-order valence-electron chi connectivity index (χ3n) is 10.2. The van der Waals surface area contributed by atoms with Crippen molar-refractivity contribution in [3.8, 4) is 5.75 Å². The SMILES string of the molecule is CC(C)(C)OC(=O)N[C@@H]1C(=O)N2C(C(=O)OC(c3ccccc3)c3ccccc3)=C(/C=C3\CCN(Cc4ccc[n+](CC(=O)Nc5ccc(OC(=O)OC(C)(C)C)cc5)c4)C3=O)CS[C@H]12. The van der Waals surface area contributed by atoms with Crippen molar-refractivity contribution < 1.29 is 52.3 Å². The number of carbonyl (C=O) groups excluding carboxylic acids is 6. The molecule has 1 aromatic heterocycles. The van der Waals surface area contributed by atoms with E-state index in [0.29, 0.717) is 29.8 Å². The first-order valence-corrected chi connectivity index (χ1v) is 22.2. The van der Waals surface area contributed by atoms with Crippen molar-refractivity contribution >= 4 is 53.4 Å². The fraction of sp³-hybridized carbons (Fsp3) is 0.327. The Bertz CT molecular complexity index is 2480. The highest BCUT2D eigenvalue weighted by molar-refractivity contribution is 8.00. The lowest BCUT2D eigenvalue weighted by Gasteiger charge is -2.49. The number of hydrogen-bond acceptors (Lipinski definition) is 11. The fourth-order valence-electron chi connectivity index (χ4n) is 7.41. The number of benzene rings is 3. The maximum Gasteiger partial charge on any atom is 0.514 e. The molecule has 4 aromatic rings. The van der Waals surface area contributed by atoms with Gasteiger partial charge in [-0.25, -0.2) is 14.4 Å². The average Bonchev–Trinajstić information content (AvgIpc) is 3.58. The Morgan fingerprint density at radius 3 is 2.12 bits per heavy atom. The number of amides is 4. The first-order chi connectivity index (χ1) is 30.9. The molecule has 2 N–H and O–H groups in total. The van der Waals surface area contributed by atoms with Crippen molar-refractivity contribution in [2.45, 2.75) is 89.8 Å². The molecule has 0 saturated carbocycles. The van der Waals surface area contributed by atoms with Crippen molar-refractivity contribution in [3.63, 3.8) is 0 Å². The Labute approximate surface area is 381 Å². The van der Waals surface area contributed by atoms with E-state index in [9.17, 15) is 28.8 Å². The van der Waals surface area contributed by atoms with Crippen LogP contribution in [0.2, 0.25) is 0 Å². The van der Waals surface area contributed by atoms with Gasteiger partial charge in [0.25, 0.3) is 11.8 Å². The summed E-state index contributed by atoms with van der Waals surface area (Å²) in [5, 5.41) is 4.89. The van der Waals surface area contributed by atoms with Gasteiger partial charge >= 0.3 is 18.2 Å². The number of rotatable bonds is 12. The number of nitrogens with zero attached hydrogens (tertiary/aromatic N) is 3. The fourth-order valence-corrected chi connectivity index (χ4v) is 8.72. The second-order valence-electron chi connectivity index (χ2n) is 17.7. The molecule has 0 radical (unpaired) electrons. The van der Waals surface area contributed by atoms with Gasteiger partial charge in [0.1, 0.15) is 34.1 Å². The van der Waals surface area contributed by atoms with Gasteiger partial charge < -0.3 is 34.5 Å². The van der Waals surface area contributed by atoms with Crippen molar-refractivity contribution in [1.29, 1.82) is 0 Å². The molecule has 3 aliphatic rings. The molecule has 15 nitrogen and oxygen atoms in total. The van der Waals surface area contributed by atoms with Crippen molar-refractivity contribution in [1.82, 2.24) is 15.1 Å².